The Hall–Kier alpha value is -1.50. The highest BCUT2D eigenvalue weighted by Crippen LogP contribution is 2.39. The summed E-state index contributed by atoms with van der Waals surface area (Å²) in [5.74, 6) is 0.485. The molecule has 0 spiro atoms. The minimum atomic E-state index is 0.485. The highest BCUT2D eigenvalue weighted by atomic mass is 14.9. The van der Waals surface area contributed by atoms with Gasteiger partial charge in [0.05, 0.1) is 0 Å². The minimum Gasteiger partial charge on any atom is -0.365 e. The fourth-order valence-electron chi connectivity index (χ4n) is 3.02. The summed E-state index contributed by atoms with van der Waals surface area (Å²) in [6.45, 7) is 6.78. The molecule has 1 aliphatic rings. The maximum atomic E-state index is 3.54. The highest BCUT2D eigenvalue weighted by Gasteiger charge is 2.24. The number of hydrogen-bond donors (Lipinski definition) is 1. The van der Waals surface area contributed by atoms with Gasteiger partial charge in [-0.05, 0) is 36.0 Å². The summed E-state index contributed by atoms with van der Waals surface area (Å²) >= 11 is 0. The molecule has 1 aliphatic heterocycles. The Morgan fingerprint density at radius 1 is 1.00 bits per heavy atom. The third-order valence-electron chi connectivity index (χ3n) is 3.96. The van der Waals surface area contributed by atoms with E-state index < -0.39 is 0 Å². The van der Waals surface area contributed by atoms with Gasteiger partial charge >= 0.3 is 0 Å². The van der Waals surface area contributed by atoms with Crippen molar-refractivity contribution in [3.63, 3.8) is 0 Å². The Kier molecular flexibility index (Phi) is 4.84. The first kappa shape index (κ1) is 13.9. The molecule has 0 aliphatic carbocycles. The third kappa shape index (κ3) is 2.91. The average molecular weight is 255 g/mol. The van der Waals surface area contributed by atoms with Crippen molar-refractivity contribution in [1.29, 1.82) is 0 Å². The van der Waals surface area contributed by atoms with Gasteiger partial charge in [0.1, 0.15) is 0 Å². The lowest BCUT2D eigenvalue weighted by molar-refractivity contribution is 0.705. The second-order valence-corrected chi connectivity index (χ2v) is 5.17. The maximum Gasteiger partial charge on any atom is 0.0295 e. The number of benzene rings is 1. The Morgan fingerprint density at radius 3 is 2.32 bits per heavy atom. The van der Waals surface area contributed by atoms with Crippen LogP contribution in [-0.2, 0) is 0 Å². The van der Waals surface area contributed by atoms with Gasteiger partial charge in [-0.2, -0.15) is 0 Å². The van der Waals surface area contributed by atoms with E-state index in [9.17, 15) is 0 Å². The number of hydrogen-bond acceptors (Lipinski definition) is 1. The molecule has 2 rings (SSSR count). The van der Waals surface area contributed by atoms with Gasteiger partial charge in [0.25, 0.3) is 0 Å². The van der Waals surface area contributed by atoms with Crippen LogP contribution in [0.5, 0.6) is 0 Å². The van der Waals surface area contributed by atoms with Gasteiger partial charge in [0, 0.05) is 17.8 Å². The highest BCUT2D eigenvalue weighted by molar-refractivity contribution is 5.43. The molecule has 0 aromatic heterocycles. The summed E-state index contributed by atoms with van der Waals surface area (Å²) in [6, 6.07) is 10.9. The molecule has 0 fully saturated rings. The van der Waals surface area contributed by atoms with Crippen LogP contribution in [0.25, 0.3) is 0 Å². The quantitative estimate of drug-likeness (QED) is 0.769. The number of rotatable bonds is 5. The van der Waals surface area contributed by atoms with Crippen molar-refractivity contribution >= 4 is 0 Å². The maximum absolute atomic E-state index is 3.54. The molecule has 1 heteroatoms. The summed E-state index contributed by atoms with van der Waals surface area (Å²) in [5.41, 5.74) is 5.95. The zero-order chi connectivity index (χ0) is 13.7. The van der Waals surface area contributed by atoms with Crippen LogP contribution in [0.1, 0.15) is 57.9 Å². The second kappa shape index (κ2) is 6.60. The summed E-state index contributed by atoms with van der Waals surface area (Å²) in [7, 11) is 0. The first-order chi connectivity index (χ1) is 9.31. The van der Waals surface area contributed by atoms with Crippen molar-refractivity contribution in [2.24, 2.45) is 0 Å². The van der Waals surface area contributed by atoms with E-state index in [0.717, 1.165) is 19.3 Å². The molecule has 1 aromatic carbocycles. The van der Waals surface area contributed by atoms with Gasteiger partial charge in [0.15, 0.2) is 0 Å². The number of nitrogens with one attached hydrogen (secondary N) is 1. The average Bonchev–Trinajstić information content (AvgIpc) is 2.48. The SMILES string of the molecule is CCCC1=C(CC)C(c2ccccc2)C(CC)=CN1. The van der Waals surface area contributed by atoms with Crippen molar-refractivity contribution in [2.45, 2.75) is 52.4 Å². The molecule has 0 amide bonds. The van der Waals surface area contributed by atoms with E-state index in [1.807, 2.05) is 0 Å². The predicted molar refractivity (Wildman–Crippen MR) is 82.9 cm³/mol. The third-order valence-corrected chi connectivity index (χ3v) is 3.96. The fourth-order valence-corrected chi connectivity index (χ4v) is 3.02. The molecule has 1 aromatic rings. The van der Waals surface area contributed by atoms with Crippen LogP contribution in [0.15, 0.2) is 53.4 Å². The lowest BCUT2D eigenvalue weighted by atomic mass is 9.79. The molecule has 0 bridgehead atoms. The van der Waals surface area contributed by atoms with Crippen LogP contribution in [0.2, 0.25) is 0 Å². The molecular weight excluding hydrogens is 230 g/mol. The van der Waals surface area contributed by atoms with E-state index in [1.165, 1.54) is 23.3 Å². The van der Waals surface area contributed by atoms with E-state index in [1.54, 1.807) is 5.57 Å². The Labute approximate surface area is 117 Å². The predicted octanol–water partition coefficient (Wildman–Crippen LogP) is 5.13. The van der Waals surface area contributed by atoms with Crippen LogP contribution in [0, 0.1) is 0 Å². The standard InChI is InChI=1S/C18H25N/c1-4-10-17-16(6-3)18(14(5-2)13-19-17)15-11-8-7-9-12-15/h7-9,11-13,18-19H,4-6,10H2,1-3H3. The molecule has 0 radical (unpaired) electrons. The normalized spacial score (nSPS) is 19.1. The molecule has 1 atom stereocenters. The first-order valence-corrected chi connectivity index (χ1v) is 7.54. The topological polar surface area (TPSA) is 12.0 Å². The van der Waals surface area contributed by atoms with Crippen LogP contribution < -0.4 is 5.32 Å². The summed E-state index contributed by atoms with van der Waals surface area (Å²) in [6.07, 6.45) is 6.82. The van der Waals surface area contributed by atoms with Crippen LogP contribution in [-0.4, -0.2) is 0 Å². The van der Waals surface area contributed by atoms with Gasteiger partial charge < -0.3 is 5.32 Å². The molecule has 1 heterocycles. The molecule has 1 nitrogen and oxygen atoms in total. The van der Waals surface area contributed by atoms with Crippen LogP contribution in [0.4, 0.5) is 0 Å². The Morgan fingerprint density at radius 2 is 1.74 bits per heavy atom. The Bertz CT molecular complexity index is 468. The number of allylic oxidation sites excluding steroid dienone is 3. The van der Waals surface area contributed by atoms with E-state index in [2.05, 4.69) is 62.6 Å². The Balaban J connectivity index is 2.43. The van der Waals surface area contributed by atoms with Gasteiger partial charge in [-0.1, -0.05) is 57.5 Å². The van der Waals surface area contributed by atoms with Crippen molar-refractivity contribution in [3.05, 3.63) is 58.9 Å². The second-order valence-electron chi connectivity index (χ2n) is 5.17. The zero-order valence-electron chi connectivity index (χ0n) is 12.4. The largest absolute Gasteiger partial charge is 0.365 e. The molecule has 102 valence electrons. The van der Waals surface area contributed by atoms with E-state index in [0.29, 0.717) is 5.92 Å². The molecule has 0 saturated heterocycles. The minimum absolute atomic E-state index is 0.485. The lowest BCUT2D eigenvalue weighted by Crippen LogP contribution is -2.21. The first-order valence-electron chi connectivity index (χ1n) is 7.54. The molecular formula is C18H25N. The van der Waals surface area contributed by atoms with Gasteiger partial charge in [-0.25, -0.2) is 0 Å². The molecule has 1 N–H and O–H groups in total. The fraction of sp³-hybridized carbons (Fsp3) is 0.444. The van der Waals surface area contributed by atoms with Gasteiger partial charge in [-0.3, -0.25) is 0 Å². The van der Waals surface area contributed by atoms with Crippen molar-refractivity contribution in [2.75, 3.05) is 0 Å². The van der Waals surface area contributed by atoms with E-state index >= 15 is 0 Å². The lowest BCUT2D eigenvalue weighted by Gasteiger charge is -2.30. The van der Waals surface area contributed by atoms with Crippen molar-refractivity contribution in [3.8, 4) is 0 Å². The number of dihydropyridines is 1. The van der Waals surface area contributed by atoms with Crippen molar-refractivity contribution in [1.82, 2.24) is 5.32 Å². The zero-order valence-corrected chi connectivity index (χ0v) is 12.4. The van der Waals surface area contributed by atoms with Gasteiger partial charge in [-0.15, -0.1) is 0 Å². The van der Waals surface area contributed by atoms with Gasteiger partial charge in [0.2, 0.25) is 0 Å². The summed E-state index contributed by atoms with van der Waals surface area (Å²) < 4.78 is 0. The van der Waals surface area contributed by atoms with E-state index in [4.69, 9.17) is 0 Å². The molecule has 0 saturated carbocycles. The summed E-state index contributed by atoms with van der Waals surface area (Å²) in [5, 5.41) is 3.54. The van der Waals surface area contributed by atoms with E-state index in [-0.39, 0.29) is 0 Å². The van der Waals surface area contributed by atoms with Crippen molar-refractivity contribution < 1.29 is 0 Å². The smallest absolute Gasteiger partial charge is 0.0295 e. The molecule has 19 heavy (non-hydrogen) atoms. The molecule has 1 unspecified atom stereocenters. The van der Waals surface area contributed by atoms with Crippen LogP contribution >= 0.6 is 0 Å². The monoisotopic (exact) mass is 255 g/mol. The van der Waals surface area contributed by atoms with Crippen LogP contribution in [0.3, 0.4) is 0 Å². The summed E-state index contributed by atoms with van der Waals surface area (Å²) in [4.78, 5) is 0.